The van der Waals surface area contributed by atoms with E-state index in [2.05, 4.69) is 27.7 Å². The predicted octanol–water partition coefficient (Wildman–Crippen LogP) is 4.36. The molecule has 4 unspecified atom stereocenters. The fourth-order valence-corrected chi connectivity index (χ4v) is 8.99. The molecule has 0 spiro atoms. The van der Waals surface area contributed by atoms with Crippen molar-refractivity contribution >= 4 is 9.04 Å². The van der Waals surface area contributed by atoms with E-state index in [1.807, 2.05) is 0 Å². The van der Waals surface area contributed by atoms with E-state index >= 15 is 0 Å². The van der Waals surface area contributed by atoms with E-state index in [0.717, 1.165) is 23.7 Å². The lowest BCUT2D eigenvalue weighted by Crippen LogP contribution is -2.42. The topological polar surface area (TPSA) is 20.2 Å². The number of hydrogen-bond acceptors (Lipinski definition) is 1. The van der Waals surface area contributed by atoms with Crippen LogP contribution in [0.2, 0.25) is 11.1 Å². The summed E-state index contributed by atoms with van der Waals surface area (Å²) in [7, 11) is -1.60. The van der Waals surface area contributed by atoms with Crippen molar-refractivity contribution in [3.63, 3.8) is 0 Å². The highest BCUT2D eigenvalue weighted by Crippen LogP contribution is 2.49. The molecule has 2 saturated carbocycles. The molecule has 1 N–H and O–H groups in total. The average molecular weight is 269 g/mol. The minimum Gasteiger partial charge on any atom is -0.434 e. The largest absolute Gasteiger partial charge is 0.434 e. The SMILES string of the molecule is CC1CCCC(C)C1[SiH](O)C1C(C)CCCC1C. The molecule has 2 rings (SSSR count). The summed E-state index contributed by atoms with van der Waals surface area (Å²) in [4.78, 5) is 11.1. The van der Waals surface area contributed by atoms with Gasteiger partial charge < -0.3 is 4.80 Å². The van der Waals surface area contributed by atoms with Crippen LogP contribution in [0.5, 0.6) is 0 Å². The van der Waals surface area contributed by atoms with Crippen molar-refractivity contribution < 1.29 is 4.80 Å². The van der Waals surface area contributed by atoms with Crippen molar-refractivity contribution in [3.8, 4) is 0 Å². The van der Waals surface area contributed by atoms with Gasteiger partial charge in [0.15, 0.2) is 9.04 Å². The summed E-state index contributed by atoms with van der Waals surface area (Å²) in [5.41, 5.74) is 1.37. The molecule has 0 radical (unpaired) electrons. The molecule has 2 heteroatoms. The lowest BCUT2D eigenvalue weighted by Gasteiger charge is -2.45. The van der Waals surface area contributed by atoms with Gasteiger partial charge in [0.05, 0.1) is 0 Å². The normalized spacial score (nSPS) is 47.8. The van der Waals surface area contributed by atoms with Crippen LogP contribution in [-0.4, -0.2) is 13.8 Å². The zero-order valence-electron chi connectivity index (χ0n) is 12.7. The van der Waals surface area contributed by atoms with Crippen LogP contribution >= 0.6 is 0 Å². The van der Waals surface area contributed by atoms with Gasteiger partial charge in [0.25, 0.3) is 0 Å². The highest BCUT2D eigenvalue weighted by molar-refractivity contribution is 6.54. The maximum Gasteiger partial charge on any atom is 0.179 e. The van der Waals surface area contributed by atoms with Crippen molar-refractivity contribution in [1.82, 2.24) is 0 Å². The summed E-state index contributed by atoms with van der Waals surface area (Å²) >= 11 is 0. The molecular formula is C16H32OSi. The van der Waals surface area contributed by atoms with Crippen LogP contribution in [0.1, 0.15) is 66.2 Å². The van der Waals surface area contributed by atoms with Gasteiger partial charge >= 0.3 is 0 Å². The first kappa shape index (κ1) is 14.6. The third kappa shape index (κ3) is 2.85. The highest BCUT2D eigenvalue weighted by atomic mass is 28.3. The van der Waals surface area contributed by atoms with Crippen LogP contribution in [0, 0.1) is 23.7 Å². The van der Waals surface area contributed by atoms with Crippen LogP contribution in [-0.2, 0) is 0 Å². The van der Waals surface area contributed by atoms with Crippen molar-refractivity contribution in [1.29, 1.82) is 0 Å². The Bertz CT molecular complexity index is 222. The molecule has 2 aliphatic carbocycles. The maximum atomic E-state index is 11.1. The van der Waals surface area contributed by atoms with Gasteiger partial charge in [-0.15, -0.1) is 0 Å². The molecule has 0 aliphatic heterocycles. The van der Waals surface area contributed by atoms with Crippen LogP contribution in [0.25, 0.3) is 0 Å². The van der Waals surface area contributed by atoms with E-state index in [1.165, 1.54) is 38.5 Å². The molecule has 0 aromatic rings. The van der Waals surface area contributed by atoms with Gasteiger partial charge in [-0.3, -0.25) is 0 Å². The summed E-state index contributed by atoms with van der Waals surface area (Å²) < 4.78 is 0. The molecule has 2 aliphatic rings. The van der Waals surface area contributed by atoms with E-state index < -0.39 is 9.04 Å². The Morgan fingerprint density at radius 2 is 0.944 bits per heavy atom. The monoisotopic (exact) mass is 268 g/mol. The van der Waals surface area contributed by atoms with Gasteiger partial charge in [-0.1, -0.05) is 66.2 Å². The van der Waals surface area contributed by atoms with Crippen molar-refractivity contribution in [2.45, 2.75) is 77.3 Å². The minimum atomic E-state index is -1.60. The third-order valence-electron chi connectivity index (χ3n) is 6.05. The van der Waals surface area contributed by atoms with Gasteiger partial charge in [-0.25, -0.2) is 0 Å². The van der Waals surface area contributed by atoms with Gasteiger partial charge in [0.1, 0.15) is 0 Å². The number of rotatable bonds is 2. The highest BCUT2D eigenvalue weighted by Gasteiger charge is 2.43. The first-order valence-corrected chi connectivity index (χ1v) is 10.1. The molecule has 0 bridgehead atoms. The predicted molar refractivity (Wildman–Crippen MR) is 81.2 cm³/mol. The van der Waals surface area contributed by atoms with E-state index in [0.29, 0.717) is 11.1 Å². The van der Waals surface area contributed by atoms with Crippen molar-refractivity contribution in [2.24, 2.45) is 23.7 Å². The van der Waals surface area contributed by atoms with Crippen LogP contribution < -0.4 is 0 Å². The lowest BCUT2D eigenvalue weighted by atomic mass is 9.82. The second-order valence-corrected chi connectivity index (χ2v) is 9.94. The molecule has 0 aromatic carbocycles. The Labute approximate surface area is 115 Å². The first-order valence-electron chi connectivity index (χ1n) is 8.20. The van der Waals surface area contributed by atoms with Gasteiger partial charge in [-0.2, -0.15) is 0 Å². The molecule has 106 valence electrons. The summed E-state index contributed by atoms with van der Waals surface area (Å²) in [6.45, 7) is 9.59. The molecular weight excluding hydrogens is 236 g/mol. The second-order valence-electron chi connectivity index (χ2n) is 7.42. The Morgan fingerprint density at radius 1 is 0.667 bits per heavy atom. The molecule has 18 heavy (non-hydrogen) atoms. The van der Waals surface area contributed by atoms with E-state index in [-0.39, 0.29) is 0 Å². The maximum absolute atomic E-state index is 11.1. The van der Waals surface area contributed by atoms with Crippen molar-refractivity contribution in [3.05, 3.63) is 0 Å². The lowest BCUT2D eigenvalue weighted by molar-refractivity contribution is 0.237. The molecule has 0 heterocycles. The standard InChI is InChI=1S/C16H32OSi/c1-11-7-5-8-12(2)15(11)18(17)16-13(3)9-6-10-14(16)4/h11-18H,5-10H2,1-4H3. The van der Waals surface area contributed by atoms with E-state index in [9.17, 15) is 4.80 Å². The fourth-order valence-electron chi connectivity index (χ4n) is 5.02. The molecule has 0 saturated heterocycles. The van der Waals surface area contributed by atoms with Crippen LogP contribution in [0.4, 0.5) is 0 Å². The first-order chi connectivity index (χ1) is 8.52. The Balaban J connectivity index is 2.10. The van der Waals surface area contributed by atoms with Gasteiger partial charge in [0.2, 0.25) is 0 Å². The van der Waals surface area contributed by atoms with Crippen molar-refractivity contribution in [2.75, 3.05) is 0 Å². The summed E-state index contributed by atoms with van der Waals surface area (Å²) in [5, 5.41) is 0. The van der Waals surface area contributed by atoms with Gasteiger partial charge in [0, 0.05) is 0 Å². The molecule has 1 nitrogen and oxygen atoms in total. The smallest absolute Gasteiger partial charge is 0.179 e. The number of hydrogen-bond donors (Lipinski definition) is 1. The Morgan fingerprint density at radius 3 is 1.22 bits per heavy atom. The zero-order chi connectivity index (χ0) is 13.3. The summed E-state index contributed by atoms with van der Waals surface area (Å²) in [6, 6.07) is 0. The quantitative estimate of drug-likeness (QED) is 0.738. The average Bonchev–Trinajstić information content (AvgIpc) is 2.28. The van der Waals surface area contributed by atoms with E-state index in [1.54, 1.807) is 0 Å². The van der Waals surface area contributed by atoms with Gasteiger partial charge in [-0.05, 0) is 34.8 Å². The van der Waals surface area contributed by atoms with Crippen LogP contribution in [0.3, 0.4) is 0 Å². The Hall–Kier alpha value is 0.177. The molecule has 0 aromatic heterocycles. The van der Waals surface area contributed by atoms with Crippen LogP contribution in [0.15, 0.2) is 0 Å². The molecule has 2 fully saturated rings. The minimum absolute atomic E-state index is 0.687. The summed E-state index contributed by atoms with van der Waals surface area (Å²) in [6.07, 6.45) is 8.19. The van der Waals surface area contributed by atoms with E-state index in [4.69, 9.17) is 0 Å². The third-order valence-corrected chi connectivity index (χ3v) is 10.3. The second kappa shape index (κ2) is 6.09. The fraction of sp³-hybridized carbons (Fsp3) is 1.00. The molecule has 0 amide bonds. The molecule has 4 atom stereocenters. The summed E-state index contributed by atoms with van der Waals surface area (Å²) in [5.74, 6) is 3.10. The zero-order valence-corrected chi connectivity index (χ0v) is 13.9. The Kier molecular flexibility index (Phi) is 4.93.